The first-order chi connectivity index (χ1) is 12.4. The quantitative estimate of drug-likeness (QED) is 0.864. The van der Waals surface area contributed by atoms with Crippen molar-refractivity contribution in [2.75, 3.05) is 20.1 Å². The van der Waals surface area contributed by atoms with Crippen LogP contribution in [0.5, 0.6) is 0 Å². The number of amides is 1. The molecule has 2 aliphatic rings. The molecule has 1 amide bonds. The van der Waals surface area contributed by atoms with Gasteiger partial charge in [0.2, 0.25) is 5.91 Å². The summed E-state index contributed by atoms with van der Waals surface area (Å²) in [5, 5.41) is 2.74. The van der Waals surface area contributed by atoms with Gasteiger partial charge in [-0.05, 0) is 62.4 Å². The van der Waals surface area contributed by atoms with Crippen LogP contribution >= 0.6 is 0 Å². The van der Waals surface area contributed by atoms with Crippen LogP contribution in [-0.4, -0.2) is 37.0 Å². The summed E-state index contributed by atoms with van der Waals surface area (Å²) >= 11 is 0. The summed E-state index contributed by atoms with van der Waals surface area (Å²) in [6, 6.07) is 5.50. The molecule has 2 fully saturated rings. The average molecular weight is 368 g/mol. The molecule has 0 radical (unpaired) electrons. The highest BCUT2D eigenvalue weighted by Crippen LogP contribution is 2.40. The number of nitrogens with one attached hydrogen (secondary N) is 1. The number of carbonyl (C=O) groups is 1. The number of halogens is 3. The van der Waals surface area contributed by atoms with Crippen LogP contribution < -0.4 is 5.32 Å². The molecule has 1 heterocycles. The lowest BCUT2D eigenvalue weighted by atomic mass is 9.72. The van der Waals surface area contributed by atoms with E-state index in [1.165, 1.54) is 25.0 Å². The highest BCUT2D eigenvalue weighted by atomic mass is 19.4. The van der Waals surface area contributed by atoms with Crippen LogP contribution in [0.2, 0.25) is 0 Å². The lowest BCUT2D eigenvalue weighted by Crippen LogP contribution is -2.46. The van der Waals surface area contributed by atoms with Gasteiger partial charge >= 0.3 is 6.18 Å². The summed E-state index contributed by atoms with van der Waals surface area (Å²) in [5.41, 5.74) is 0.0186. The second-order valence-corrected chi connectivity index (χ2v) is 7.47. The third kappa shape index (κ3) is 4.05. The molecular formula is C20H27F3N2O. The van der Waals surface area contributed by atoms with E-state index in [9.17, 15) is 18.0 Å². The summed E-state index contributed by atoms with van der Waals surface area (Å²) in [4.78, 5) is 15.2. The van der Waals surface area contributed by atoms with Crippen LogP contribution in [0.25, 0.3) is 0 Å². The number of likely N-dealkylation sites (tertiary alicyclic amines) is 1. The third-order valence-electron chi connectivity index (χ3n) is 5.95. The van der Waals surface area contributed by atoms with Crippen LogP contribution in [0.4, 0.5) is 13.2 Å². The van der Waals surface area contributed by atoms with Crippen LogP contribution in [0.1, 0.15) is 55.6 Å². The molecule has 3 nitrogen and oxygen atoms in total. The number of hydrogen-bond acceptors (Lipinski definition) is 2. The van der Waals surface area contributed by atoms with Gasteiger partial charge in [0.1, 0.15) is 0 Å². The molecule has 0 spiro atoms. The van der Waals surface area contributed by atoms with E-state index in [0.717, 1.165) is 50.9 Å². The Labute approximate surface area is 152 Å². The Balaban J connectivity index is 1.90. The summed E-state index contributed by atoms with van der Waals surface area (Å²) in [5.74, 6) is -0.340. The monoisotopic (exact) mass is 368 g/mol. The number of nitrogens with zero attached hydrogens (tertiary/aromatic N) is 1. The molecule has 1 N–H and O–H groups in total. The lowest BCUT2D eigenvalue weighted by Gasteiger charge is -2.41. The van der Waals surface area contributed by atoms with E-state index < -0.39 is 17.7 Å². The Morgan fingerprint density at radius 1 is 1.08 bits per heavy atom. The minimum Gasteiger partial charge on any atom is -0.359 e. The Kier molecular flexibility index (Phi) is 5.90. The molecule has 1 aromatic carbocycles. The topological polar surface area (TPSA) is 32.3 Å². The van der Waals surface area contributed by atoms with Crippen molar-refractivity contribution >= 4 is 5.91 Å². The third-order valence-corrected chi connectivity index (χ3v) is 5.95. The molecule has 1 saturated carbocycles. The van der Waals surface area contributed by atoms with Gasteiger partial charge in [0.05, 0.1) is 11.5 Å². The zero-order valence-corrected chi connectivity index (χ0v) is 15.2. The van der Waals surface area contributed by atoms with Gasteiger partial charge in [-0.25, -0.2) is 0 Å². The standard InChI is InChI=1S/C20H27F3N2O/c1-24-19(26)18(14-8-10-15(11-9-14)20(21,22)23)16-6-2-3-7-17(16)25-12-4-5-13-25/h8-11,16-18H,2-7,12-13H2,1H3,(H,24,26). The number of hydrogen-bond donors (Lipinski definition) is 1. The fourth-order valence-corrected chi connectivity index (χ4v) is 4.68. The van der Waals surface area contributed by atoms with Gasteiger partial charge in [-0.1, -0.05) is 25.0 Å². The molecule has 1 aliphatic carbocycles. The highest BCUT2D eigenvalue weighted by Gasteiger charge is 2.40. The zero-order valence-electron chi connectivity index (χ0n) is 15.2. The molecule has 3 atom stereocenters. The van der Waals surface area contributed by atoms with Crippen molar-refractivity contribution in [1.29, 1.82) is 0 Å². The van der Waals surface area contributed by atoms with Gasteiger partial charge in [-0.3, -0.25) is 4.79 Å². The average Bonchev–Trinajstić information content (AvgIpc) is 3.16. The Morgan fingerprint density at radius 2 is 1.69 bits per heavy atom. The van der Waals surface area contributed by atoms with Crippen molar-refractivity contribution in [3.63, 3.8) is 0 Å². The van der Waals surface area contributed by atoms with E-state index >= 15 is 0 Å². The van der Waals surface area contributed by atoms with E-state index in [0.29, 0.717) is 11.6 Å². The molecule has 3 rings (SSSR count). The SMILES string of the molecule is CNC(=O)C(c1ccc(C(F)(F)F)cc1)C1CCCCC1N1CCCC1. The number of carbonyl (C=O) groups excluding carboxylic acids is 1. The summed E-state index contributed by atoms with van der Waals surface area (Å²) in [6.45, 7) is 2.13. The van der Waals surface area contributed by atoms with Crippen molar-refractivity contribution in [1.82, 2.24) is 10.2 Å². The van der Waals surface area contributed by atoms with E-state index in [4.69, 9.17) is 0 Å². The predicted molar refractivity (Wildman–Crippen MR) is 94.8 cm³/mol. The van der Waals surface area contributed by atoms with E-state index in [1.807, 2.05) is 0 Å². The molecule has 3 unspecified atom stereocenters. The molecule has 1 aliphatic heterocycles. The largest absolute Gasteiger partial charge is 0.416 e. The lowest BCUT2D eigenvalue weighted by molar-refractivity contribution is -0.137. The second-order valence-electron chi connectivity index (χ2n) is 7.47. The minimum absolute atomic E-state index is 0.0964. The summed E-state index contributed by atoms with van der Waals surface area (Å²) < 4.78 is 38.6. The molecule has 1 aromatic rings. The fourth-order valence-electron chi connectivity index (χ4n) is 4.68. The van der Waals surface area contributed by atoms with E-state index in [2.05, 4.69) is 10.2 Å². The van der Waals surface area contributed by atoms with Crippen LogP contribution in [0.3, 0.4) is 0 Å². The fraction of sp³-hybridized carbons (Fsp3) is 0.650. The zero-order chi connectivity index (χ0) is 18.7. The Morgan fingerprint density at radius 3 is 2.27 bits per heavy atom. The highest BCUT2D eigenvalue weighted by molar-refractivity contribution is 5.83. The van der Waals surface area contributed by atoms with Gasteiger partial charge in [0, 0.05) is 13.1 Å². The van der Waals surface area contributed by atoms with Crippen molar-refractivity contribution in [2.45, 2.75) is 56.7 Å². The molecular weight excluding hydrogens is 341 g/mol. The first-order valence-corrected chi connectivity index (χ1v) is 9.54. The van der Waals surface area contributed by atoms with Gasteiger partial charge in [0.15, 0.2) is 0 Å². The van der Waals surface area contributed by atoms with Crippen LogP contribution in [-0.2, 0) is 11.0 Å². The molecule has 1 saturated heterocycles. The Bertz CT molecular complexity index is 608. The maximum Gasteiger partial charge on any atom is 0.416 e. The molecule has 0 bridgehead atoms. The Hall–Kier alpha value is -1.56. The van der Waals surface area contributed by atoms with Gasteiger partial charge in [-0.15, -0.1) is 0 Å². The first kappa shape index (κ1) is 19.2. The number of benzene rings is 1. The smallest absolute Gasteiger partial charge is 0.359 e. The predicted octanol–water partition coefficient (Wildman–Crippen LogP) is 4.19. The van der Waals surface area contributed by atoms with Gasteiger partial charge < -0.3 is 10.2 Å². The number of alkyl halides is 3. The molecule has 6 heteroatoms. The van der Waals surface area contributed by atoms with Crippen molar-refractivity contribution in [2.24, 2.45) is 5.92 Å². The maximum absolute atomic E-state index is 12.9. The minimum atomic E-state index is -4.36. The van der Waals surface area contributed by atoms with Crippen molar-refractivity contribution in [3.05, 3.63) is 35.4 Å². The summed E-state index contributed by atoms with van der Waals surface area (Å²) in [7, 11) is 1.60. The molecule has 26 heavy (non-hydrogen) atoms. The number of rotatable bonds is 4. The van der Waals surface area contributed by atoms with Gasteiger partial charge in [-0.2, -0.15) is 13.2 Å². The summed E-state index contributed by atoms with van der Waals surface area (Å²) in [6.07, 6.45) is 2.26. The van der Waals surface area contributed by atoms with E-state index in [1.54, 1.807) is 7.05 Å². The van der Waals surface area contributed by atoms with Crippen molar-refractivity contribution < 1.29 is 18.0 Å². The first-order valence-electron chi connectivity index (χ1n) is 9.54. The normalized spacial score (nSPS) is 25.8. The second kappa shape index (κ2) is 7.99. The van der Waals surface area contributed by atoms with Gasteiger partial charge in [0.25, 0.3) is 0 Å². The van der Waals surface area contributed by atoms with Crippen LogP contribution in [0, 0.1) is 5.92 Å². The van der Waals surface area contributed by atoms with Crippen LogP contribution in [0.15, 0.2) is 24.3 Å². The maximum atomic E-state index is 12.9. The molecule has 144 valence electrons. The molecule has 0 aromatic heterocycles. The van der Waals surface area contributed by atoms with Crippen molar-refractivity contribution in [3.8, 4) is 0 Å². The number of likely N-dealkylation sites (N-methyl/N-ethyl adjacent to an activating group) is 1. The van der Waals surface area contributed by atoms with E-state index in [-0.39, 0.29) is 11.8 Å².